The maximum atomic E-state index is 14.3. The molecule has 1 aliphatic heterocycles. The van der Waals surface area contributed by atoms with Crippen molar-refractivity contribution in [3.63, 3.8) is 0 Å². The number of carbonyl (C=O) groups is 1. The Morgan fingerprint density at radius 1 is 1.18 bits per heavy atom. The molecule has 0 saturated carbocycles. The number of halogens is 3. The average molecular weight is 421 g/mol. The minimum absolute atomic E-state index is 0.0753. The number of hydrogen-bond donors (Lipinski definition) is 0. The first kappa shape index (κ1) is 19.3. The van der Waals surface area contributed by atoms with Crippen LogP contribution in [-0.2, 0) is 6.54 Å². The third-order valence-electron chi connectivity index (χ3n) is 5.04. The van der Waals surface area contributed by atoms with Gasteiger partial charge in [0, 0.05) is 17.1 Å². The minimum Gasteiger partial charge on any atom is -0.299 e. The lowest BCUT2D eigenvalue weighted by Gasteiger charge is -2.26. The highest BCUT2D eigenvalue weighted by molar-refractivity contribution is 6.30. The minimum atomic E-state index is -0.678. The number of fused-ring (bicyclic) bond motifs is 1. The number of nitrogens with zero attached hydrogens (tertiary/aromatic N) is 4. The molecule has 0 aliphatic carbocycles. The van der Waals surface area contributed by atoms with E-state index in [1.807, 2.05) is 0 Å². The van der Waals surface area contributed by atoms with Crippen molar-refractivity contribution < 1.29 is 9.18 Å². The van der Waals surface area contributed by atoms with Gasteiger partial charge >= 0.3 is 0 Å². The molecule has 3 heterocycles. The third-order valence-corrected chi connectivity index (χ3v) is 5.46. The number of aromatic nitrogens is 3. The van der Waals surface area contributed by atoms with E-state index in [0.717, 1.165) is 24.7 Å². The van der Waals surface area contributed by atoms with Crippen molar-refractivity contribution in [3.8, 4) is 0 Å². The lowest BCUT2D eigenvalue weighted by molar-refractivity contribution is 0.102. The number of hydrogen-bond acceptors (Lipinski definition) is 4. The molecule has 0 spiro atoms. The number of benzene rings is 1. The number of aryl methyl sites for hydroxylation is 1. The Morgan fingerprint density at radius 3 is 2.64 bits per heavy atom. The second-order valence-electron chi connectivity index (χ2n) is 7.06. The second kappa shape index (κ2) is 7.78. The first-order valence-electron chi connectivity index (χ1n) is 9.21. The first-order chi connectivity index (χ1) is 13.4. The largest absolute Gasteiger partial charge is 0.299 e. The maximum absolute atomic E-state index is 14.3. The van der Waals surface area contributed by atoms with Gasteiger partial charge in [0.2, 0.25) is 5.78 Å². The van der Waals surface area contributed by atoms with E-state index in [-0.39, 0.29) is 21.4 Å². The van der Waals surface area contributed by atoms with Gasteiger partial charge in [-0.2, -0.15) is 5.10 Å². The van der Waals surface area contributed by atoms with Crippen LogP contribution in [0.25, 0.3) is 5.65 Å². The molecule has 1 fully saturated rings. The van der Waals surface area contributed by atoms with E-state index in [9.17, 15) is 9.18 Å². The van der Waals surface area contributed by atoms with Crippen LogP contribution in [0.2, 0.25) is 10.2 Å². The molecule has 146 valence electrons. The fraction of sp³-hybridized carbons (Fsp3) is 0.350. The van der Waals surface area contributed by atoms with E-state index >= 15 is 0 Å². The molecule has 0 amide bonds. The molecule has 8 heteroatoms. The molecule has 2 aromatic heterocycles. The van der Waals surface area contributed by atoms with Crippen LogP contribution in [0.5, 0.6) is 0 Å². The summed E-state index contributed by atoms with van der Waals surface area (Å²) in [7, 11) is 0. The standard InChI is InChI=1S/C20H19Cl2FN4O/c1-12-18(19(28)15-6-5-14(21)10-16(15)23)27-20(24-12)13(9-17(22)25-27)11-26-7-3-2-4-8-26/h5-6,9-10H,2-4,7-8,11H2,1H3. The zero-order chi connectivity index (χ0) is 19.8. The lowest BCUT2D eigenvalue weighted by Crippen LogP contribution is -2.29. The van der Waals surface area contributed by atoms with Crippen molar-refractivity contribution in [1.82, 2.24) is 19.5 Å². The van der Waals surface area contributed by atoms with E-state index in [2.05, 4.69) is 15.0 Å². The number of piperidine rings is 1. The van der Waals surface area contributed by atoms with Gasteiger partial charge in [0.05, 0.1) is 11.3 Å². The molecule has 1 saturated heterocycles. The van der Waals surface area contributed by atoms with Gasteiger partial charge in [0.15, 0.2) is 10.8 Å². The Hall–Kier alpha value is -2.02. The Morgan fingerprint density at radius 2 is 1.93 bits per heavy atom. The van der Waals surface area contributed by atoms with E-state index in [0.29, 0.717) is 17.9 Å². The second-order valence-corrected chi connectivity index (χ2v) is 7.89. The van der Waals surface area contributed by atoms with Crippen LogP contribution in [0.4, 0.5) is 4.39 Å². The quantitative estimate of drug-likeness (QED) is 0.573. The molecule has 3 aromatic rings. The van der Waals surface area contributed by atoms with Gasteiger partial charge in [-0.15, -0.1) is 0 Å². The fourth-order valence-corrected chi connectivity index (χ4v) is 4.06. The van der Waals surface area contributed by atoms with E-state index in [1.54, 1.807) is 13.0 Å². The fourth-order valence-electron chi connectivity index (χ4n) is 3.69. The molecule has 0 bridgehead atoms. The predicted molar refractivity (Wildman–Crippen MR) is 107 cm³/mol. The molecule has 0 N–H and O–H groups in total. The van der Waals surface area contributed by atoms with Gasteiger partial charge in [-0.25, -0.2) is 13.9 Å². The van der Waals surface area contributed by atoms with Gasteiger partial charge in [-0.1, -0.05) is 29.6 Å². The Labute approximate surface area is 172 Å². The van der Waals surface area contributed by atoms with Crippen LogP contribution in [0, 0.1) is 12.7 Å². The molecule has 0 radical (unpaired) electrons. The summed E-state index contributed by atoms with van der Waals surface area (Å²) in [6.07, 6.45) is 3.58. The highest BCUT2D eigenvalue weighted by Crippen LogP contribution is 2.24. The maximum Gasteiger partial charge on any atom is 0.216 e. The molecular weight excluding hydrogens is 402 g/mol. The predicted octanol–water partition coefficient (Wildman–Crippen LogP) is 4.70. The Kier molecular flexibility index (Phi) is 5.36. The van der Waals surface area contributed by atoms with Gasteiger partial charge in [0.25, 0.3) is 0 Å². The molecule has 1 aromatic carbocycles. The smallest absolute Gasteiger partial charge is 0.216 e. The molecule has 0 unspecified atom stereocenters. The number of likely N-dealkylation sites (tertiary alicyclic amines) is 1. The molecule has 1 aliphatic rings. The zero-order valence-electron chi connectivity index (χ0n) is 15.4. The number of imidazole rings is 1. The van der Waals surface area contributed by atoms with Crippen LogP contribution < -0.4 is 0 Å². The number of rotatable bonds is 4. The van der Waals surface area contributed by atoms with Crippen LogP contribution in [0.15, 0.2) is 24.3 Å². The van der Waals surface area contributed by atoms with Crippen molar-refractivity contribution in [3.05, 3.63) is 62.8 Å². The summed E-state index contributed by atoms with van der Waals surface area (Å²) in [5, 5.41) is 4.77. The molecule has 4 rings (SSSR count). The molecule has 0 atom stereocenters. The lowest BCUT2D eigenvalue weighted by atomic mass is 10.1. The van der Waals surface area contributed by atoms with Gasteiger partial charge in [0.1, 0.15) is 11.5 Å². The first-order valence-corrected chi connectivity index (χ1v) is 9.96. The monoisotopic (exact) mass is 420 g/mol. The summed E-state index contributed by atoms with van der Waals surface area (Å²) in [5.41, 5.74) is 2.09. The van der Waals surface area contributed by atoms with Crippen LogP contribution >= 0.6 is 23.2 Å². The van der Waals surface area contributed by atoms with Crippen LogP contribution in [0.1, 0.15) is 46.6 Å². The van der Waals surface area contributed by atoms with E-state index in [1.165, 1.54) is 35.9 Å². The van der Waals surface area contributed by atoms with Crippen molar-refractivity contribution in [1.29, 1.82) is 0 Å². The topological polar surface area (TPSA) is 50.5 Å². The summed E-state index contributed by atoms with van der Waals surface area (Å²) in [6, 6.07) is 5.77. The summed E-state index contributed by atoms with van der Waals surface area (Å²) in [4.78, 5) is 20.0. The van der Waals surface area contributed by atoms with Crippen LogP contribution in [0.3, 0.4) is 0 Å². The summed E-state index contributed by atoms with van der Waals surface area (Å²) in [6.45, 7) is 4.45. The number of carbonyl (C=O) groups excluding carboxylic acids is 1. The summed E-state index contributed by atoms with van der Waals surface area (Å²) in [5.74, 6) is -1.18. The Balaban J connectivity index is 1.79. The van der Waals surface area contributed by atoms with Gasteiger partial charge < -0.3 is 0 Å². The van der Waals surface area contributed by atoms with Gasteiger partial charge in [-0.05, 0) is 57.1 Å². The van der Waals surface area contributed by atoms with Crippen molar-refractivity contribution in [2.75, 3.05) is 13.1 Å². The van der Waals surface area contributed by atoms with E-state index < -0.39 is 11.6 Å². The zero-order valence-corrected chi connectivity index (χ0v) is 16.9. The number of ketones is 1. The molecular formula is C20H19Cl2FN4O. The van der Waals surface area contributed by atoms with Crippen molar-refractivity contribution >= 4 is 34.6 Å². The summed E-state index contributed by atoms with van der Waals surface area (Å²) < 4.78 is 15.7. The normalized spacial score (nSPS) is 15.3. The average Bonchev–Trinajstić information content (AvgIpc) is 2.98. The highest BCUT2D eigenvalue weighted by Gasteiger charge is 2.24. The van der Waals surface area contributed by atoms with E-state index in [4.69, 9.17) is 23.2 Å². The molecule has 5 nitrogen and oxygen atoms in total. The SMILES string of the molecule is Cc1nc2c(CN3CCCCC3)cc(Cl)nn2c1C(=O)c1ccc(Cl)cc1F. The van der Waals surface area contributed by atoms with Crippen LogP contribution in [-0.4, -0.2) is 38.4 Å². The summed E-state index contributed by atoms with van der Waals surface area (Å²) >= 11 is 12.0. The van der Waals surface area contributed by atoms with Crippen molar-refractivity contribution in [2.24, 2.45) is 0 Å². The Bertz CT molecular complexity index is 1060. The van der Waals surface area contributed by atoms with Crippen molar-refractivity contribution in [2.45, 2.75) is 32.7 Å². The third kappa shape index (κ3) is 3.64. The highest BCUT2D eigenvalue weighted by atomic mass is 35.5. The van der Waals surface area contributed by atoms with Gasteiger partial charge in [-0.3, -0.25) is 9.69 Å². The molecule has 28 heavy (non-hydrogen) atoms.